The molecule has 7 heteroatoms. The van der Waals surface area contributed by atoms with E-state index in [1.54, 1.807) is 13.4 Å². The van der Waals surface area contributed by atoms with Crippen LogP contribution in [-0.2, 0) is 13.1 Å². The van der Waals surface area contributed by atoms with Crippen molar-refractivity contribution in [1.82, 2.24) is 25.0 Å². The summed E-state index contributed by atoms with van der Waals surface area (Å²) in [5, 5.41) is 7.73. The van der Waals surface area contributed by atoms with Crippen molar-refractivity contribution < 1.29 is 9.47 Å². The Balaban J connectivity index is 1.53. The number of rotatable bonds is 10. The van der Waals surface area contributed by atoms with Gasteiger partial charge in [-0.3, -0.25) is 4.90 Å². The first-order chi connectivity index (χ1) is 13.2. The number of benzene rings is 1. The van der Waals surface area contributed by atoms with Crippen LogP contribution in [0.5, 0.6) is 11.5 Å². The molecular formula is C20H31N5O2. The maximum absolute atomic E-state index is 5.95. The Bertz CT molecular complexity index is 712. The van der Waals surface area contributed by atoms with Gasteiger partial charge in [0, 0.05) is 19.6 Å². The first-order valence-corrected chi connectivity index (χ1v) is 9.84. The van der Waals surface area contributed by atoms with Crippen molar-refractivity contribution in [1.29, 1.82) is 0 Å². The van der Waals surface area contributed by atoms with E-state index in [1.807, 2.05) is 16.8 Å². The zero-order valence-electron chi connectivity index (χ0n) is 16.6. The third-order valence-corrected chi connectivity index (χ3v) is 5.04. The van der Waals surface area contributed by atoms with Gasteiger partial charge in [-0.25, -0.2) is 9.67 Å². The molecule has 0 amide bonds. The van der Waals surface area contributed by atoms with Gasteiger partial charge in [-0.2, -0.15) is 5.10 Å². The van der Waals surface area contributed by atoms with Crippen LogP contribution in [0.25, 0.3) is 0 Å². The maximum Gasteiger partial charge on any atom is 0.161 e. The van der Waals surface area contributed by atoms with Crippen LogP contribution in [0.15, 0.2) is 24.5 Å². The lowest BCUT2D eigenvalue weighted by Crippen LogP contribution is -2.25. The molecular weight excluding hydrogens is 342 g/mol. The van der Waals surface area contributed by atoms with Gasteiger partial charge >= 0.3 is 0 Å². The summed E-state index contributed by atoms with van der Waals surface area (Å²) in [4.78, 5) is 6.80. The van der Waals surface area contributed by atoms with Crippen LogP contribution in [0, 0.1) is 0 Å². The van der Waals surface area contributed by atoms with E-state index >= 15 is 0 Å². The van der Waals surface area contributed by atoms with Gasteiger partial charge in [0.1, 0.15) is 18.8 Å². The minimum absolute atomic E-state index is 0.120. The molecule has 2 heterocycles. The fraction of sp³-hybridized carbons (Fsp3) is 0.600. The van der Waals surface area contributed by atoms with Gasteiger partial charge in [0.05, 0.1) is 13.2 Å². The fourth-order valence-corrected chi connectivity index (χ4v) is 3.45. The first-order valence-electron chi connectivity index (χ1n) is 9.84. The molecule has 1 N–H and O–H groups in total. The number of aromatic nitrogens is 3. The van der Waals surface area contributed by atoms with E-state index in [-0.39, 0.29) is 6.04 Å². The molecule has 0 radical (unpaired) electrons. The molecule has 1 aromatic carbocycles. The van der Waals surface area contributed by atoms with Gasteiger partial charge in [0.15, 0.2) is 11.5 Å². The molecule has 0 spiro atoms. The Morgan fingerprint density at radius 2 is 2.04 bits per heavy atom. The topological polar surface area (TPSA) is 64.4 Å². The molecule has 0 aliphatic carbocycles. The van der Waals surface area contributed by atoms with Crippen LogP contribution < -0.4 is 14.8 Å². The van der Waals surface area contributed by atoms with Crippen molar-refractivity contribution in [3.63, 3.8) is 0 Å². The number of hydrogen-bond donors (Lipinski definition) is 1. The van der Waals surface area contributed by atoms with Gasteiger partial charge in [0.2, 0.25) is 0 Å². The minimum atomic E-state index is 0.120. The summed E-state index contributed by atoms with van der Waals surface area (Å²) in [5.41, 5.74) is 1.15. The number of aryl methyl sites for hydroxylation is 1. The van der Waals surface area contributed by atoms with Crippen LogP contribution in [0.3, 0.4) is 0 Å². The highest BCUT2D eigenvalue weighted by Gasteiger charge is 2.14. The zero-order valence-corrected chi connectivity index (χ0v) is 16.6. The maximum atomic E-state index is 5.95. The Kier molecular flexibility index (Phi) is 7.06. The lowest BCUT2D eigenvalue weighted by molar-refractivity contribution is 0.230. The van der Waals surface area contributed by atoms with Crippen LogP contribution >= 0.6 is 0 Å². The summed E-state index contributed by atoms with van der Waals surface area (Å²) in [5.74, 6) is 2.53. The van der Waals surface area contributed by atoms with E-state index in [1.165, 1.54) is 25.9 Å². The highest BCUT2D eigenvalue weighted by molar-refractivity contribution is 5.43. The molecule has 1 aliphatic rings. The number of nitrogens with zero attached hydrogens (tertiary/aromatic N) is 4. The van der Waals surface area contributed by atoms with E-state index in [0.29, 0.717) is 6.61 Å². The second kappa shape index (κ2) is 9.71. The number of likely N-dealkylation sites (tertiary alicyclic amines) is 1. The molecule has 1 aromatic heterocycles. The van der Waals surface area contributed by atoms with Crippen molar-refractivity contribution in [2.75, 3.05) is 33.4 Å². The number of methoxy groups -OCH3 is 1. The predicted octanol–water partition coefficient (Wildman–Crippen LogP) is 2.63. The molecule has 7 nitrogen and oxygen atoms in total. The zero-order chi connectivity index (χ0) is 19.1. The second-order valence-electron chi connectivity index (χ2n) is 6.92. The molecule has 0 saturated carbocycles. The van der Waals surface area contributed by atoms with Crippen molar-refractivity contribution in [2.24, 2.45) is 0 Å². The third kappa shape index (κ3) is 5.20. The summed E-state index contributed by atoms with van der Waals surface area (Å²) in [6.45, 7) is 9.76. The average molecular weight is 374 g/mol. The minimum Gasteiger partial charge on any atom is -0.493 e. The predicted molar refractivity (Wildman–Crippen MR) is 105 cm³/mol. The van der Waals surface area contributed by atoms with Gasteiger partial charge in [-0.05, 0) is 57.5 Å². The van der Waals surface area contributed by atoms with E-state index in [4.69, 9.17) is 9.47 Å². The molecule has 0 bridgehead atoms. The lowest BCUT2D eigenvalue weighted by atomic mass is 10.2. The first kappa shape index (κ1) is 19.6. The molecule has 1 fully saturated rings. The summed E-state index contributed by atoms with van der Waals surface area (Å²) in [7, 11) is 1.69. The smallest absolute Gasteiger partial charge is 0.161 e. The van der Waals surface area contributed by atoms with E-state index < -0.39 is 0 Å². The fourth-order valence-electron chi connectivity index (χ4n) is 3.45. The standard InChI is InChI=1S/C20H31N5O2/c1-4-25-20(22-15-23-25)16(2)21-14-17-7-8-18(19(13-17)26-3)27-12-11-24-9-5-6-10-24/h7-8,13,15-16,21H,4-6,9-12,14H2,1-3H3. The van der Waals surface area contributed by atoms with Crippen LogP contribution in [0.4, 0.5) is 0 Å². The lowest BCUT2D eigenvalue weighted by Gasteiger charge is -2.17. The molecule has 3 rings (SSSR count). The van der Waals surface area contributed by atoms with Gasteiger partial charge in [0.25, 0.3) is 0 Å². The van der Waals surface area contributed by atoms with Gasteiger partial charge in [-0.15, -0.1) is 0 Å². The van der Waals surface area contributed by atoms with Crippen molar-refractivity contribution in [3.8, 4) is 11.5 Å². The van der Waals surface area contributed by atoms with Crippen molar-refractivity contribution in [2.45, 2.75) is 45.8 Å². The molecule has 1 saturated heterocycles. The quantitative estimate of drug-likeness (QED) is 0.691. The third-order valence-electron chi connectivity index (χ3n) is 5.04. The highest BCUT2D eigenvalue weighted by Crippen LogP contribution is 2.28. The summed E-state index contributed by atoms with van der Waals surface area (Å²) in [6.07, 6.45) is 4.21. The normalized spacial score (nSPS) is 15.8. The number of nitrogens with one attached hydrogen (secondary N) is 1. The number of ether oxygens (including phenoxy) is 2. The van der Waals surface area contributed by atoms with Crippen LogP contribution in [0.2, 0.25) is 0 Å². The van der Waals surface area contributed by atoms with Gasteiger partial charge < -0.3 is 14.8 Å². The van der Waals surface area contributed by atoms with E-state index in [0.717, 1.165) is 42.5 Å². The van der Waals surface area contributed by atoms with E-state index in [9.17, 15) is 0 Å². The molecule has 27 heavy (non-hydrogen) atoms. The second-order valence-corrected chi connectivity index (χ2v) is 6.92. The highest BCUT2D eigenvalue weighted by atomic mass is 16.5. The SMILES string of the molecule is CCn1ncnc1C(C)NCc1ccc(OCCN2CCCC2)c(OC)c1. The molecule has 1 atom stereocenters. The Morgan fingerprint density at radius 1 is 1.22 bits per heavy atom. The number of hydrogen-bond acceptors (Lipinski definition) is 6. The van der Waals surface area contributed by atoms with Gasteiger partial charge in [-0.1, -0.05) is 6.07 Å². The molecule has 1 aliphatic heterocycles. The monoisotopic (exact) mass is 373 g/mol. The summed E-state index contributed by atoms with van der Waals surface area (Å²) < 4.78 is 13.4. The van der Waals surface area contributed by atoms with Crippen molar-refractivity contribution >= 4 is 0 Å². The summed E-state index contributed by atoms with van der Waals surface area (Å²) >= 11 is 0. The largest absolute Gasteiger partial charge is 0.493 e. The van der Waals surface area contributed by atoms with E-state index in [2.05, 4.69) is 40.2 Å². The average Bonchev–Trinajstić information content (AvgIpc) is 3.38. The molecule has 148 valence electrons. The van der Waals surface area contributed by atoms with Crippen molar-refractivity contribution in [3.05, 3.63) is 35.9 Å². The molecule has 2 aromatic rings. The van der Waals surface area contributed by atoms with Crippen LogP contribution in [0.1, 0.15) is 44.1 Å². The Morgan fingerprint density at radius 3 is 2.78 bits per heavy atom. The Hall–Kier alpha value is -2.12. The Labute approximate surface area is 161 Å². The molecule has 1 unspecified atom stereocenters. The summed E-state index contributed by atoms with van der Waals surface area (Å²) in [6, 6.07) is 6.24. The van der Waals surface area contributed by atoms with Crippen LogP contribution in [-0.4, -0.2) is 53.0 Å².